The molecule has 0 amide bonds. The Morgan fingerprint density at radius 3 is 2.53 bits per heavy atom. The van der Waals surface area contributed by atoms with Crippen LogP contribution in [0.1, 0.15) is 32.6 Å². The minimum Gasteiger partial charge on any atom is -0.332 e. The third-order valence-electron chi connectivity index (χ3n) is 5.22. The van der Waals surface area contributed by atoms with Crippen LogP contribution in [0.15, 0.2) is 35.2 Å². The monoisotopic (exact) mass is 278 g/mol. The summed E-state index contributed by atoms with van der Waals surface area (Å²) in [7, 11) is -1.06. The van der Waals surface area contributed by atoms with Gasteiger partial charge in [0, 0.05) is 10.6 Å². The summed E-state index contributed by atoms with van der Waals surface area (Å²) < 4.78 is 6.48. The van der Waals surface area contributed by atoms with Crippen LogP contribution in [0.4, 0.5) is 0 Å². The summed E-state index contributed by atoms with van der Waals surface area (Å²) in [5.74, 6) is 3.97. The minimum absolute atomic E-state index is 0.848. The highest BCUT2D eigenvalue weighted by atomic mass is 32.3. The summed E-state index contributed by atoms with van der Waals surface area (Å²) in [4.78, 5) is 1.40. The second-order valence-corrected chi connectivity index (χ2v) is 9.62. The zero-order valence-corrected chi connectivity index (χ0v) is 13.0. The number of hydrogen-bond donors (Lipinski definition) is 0. The van der Waals surface area contributed by atoms with Crippen molar-refractivity contribution in [2.75, 3.05) is 18.6 Å². The van der Waals surface area contributed by atoms with Gasteiger partial charge in [0.15, 0.2) is 0 Å². The molecule has 3 rings (SSSR count). The highest BCUT2D eigenvalue weighted by Crippen LogP contribution is 2.55. The van der Waals surface area contributed by atoms with E-state index in [1.54, 1.807) is 0 Å². The van der Waals surface area contributed by atoms with Crippen molar-refractivity contribution in [2.24, 2.45) is 17.8 Å². The van der Waals surface area contributed by atoms with Crippen molar-refractivity contribution in [1.82, 2.24) is 0 Å². The lowest BCUT2D eigenvalue weighted by molar-refractivity contribution is 0.212. The summed E-state index contributed by atoms with van der Waals surface area (Å²) in [6.07, 6.45) is 8.19. The van der Waals surface area contributed by atoms with Crippen LogP contribution < -0.4 is 0 Å². The molecule has 0 radical (unpaired) electrons. The molecule has 2 aliphatic rings. The van der Waals surface area contributed by atoms with Crippen LogP contribution in [-0.2, 0) is 4.18 Å². The first-order valence-electron chi connectivity index (χ1n) is 7.67. The quantitative estimate of drug-likeness (QED) is 0.747. The molecule has 2 fully saturated rings. The molecule has 1 aromatic rings. The van der Waals surface area contributed by atoms with Crippen molar-refractivity contribution in [3.05, 3.63) is 30.3 Å². The molecule has 2 bridgehead atoms. The lowest BCUT2D eigenvalue weighted by Gasteiger charge is -2.37. The molecule has 0 heterocycles. The molecule has 0 spiro atoms. The Balaban J connectivity index is 1.64. The van der Waals surface area contributed by atoms with Crippen LogP contribution in [0, 0.1) is 17.8 Å². The van der Waals surface area contributed by atoms with Gasteiger partial charge >= 0.3 is 0 Å². The first kappa shape index (κ1) is 13.5. The highest BCUT2D eigenvalue weighted by molar-refractivity contribution is 8.29. The molecule has 4 atom stereocenters. The van der Waals surface area contributed by atoms with Gasteiger partial charge in [0.2, 0.25) is 0 Å². The zero-order valence-electron chi connectivity index (χ0n) is 12.2. The summed E-state index contributed by atoms with van der Waals surface area (Å²) in [5.41, 5.74) is 0. The van der Waals surface area contributed by atoms with E-state index in [0.29, 0.717) is 0 Å². The second-order valence-electron chi connectivity index (χ2n) is 6.33. The summed E-state index contributed by atoms with van der Waals surface area (Å²) in [5, 5.41) is 0. The van der Waals surface area contributed by atoms with Crippen LogP contribution in [0.2, 0.25) is 0 Å². The van der Waals surface area contributed by atoms with Gasteiger partial charge < -0.3 is 4.18 Å². The van der Waals surface area contributed by atoms with Gasteiger partial charge in [-0.05, 0) is 55.4 Å². The lowest BCUT2D eigenvalue weighted by Crippen LogP contribution is -2.19. The maximum atomic E-state index is 6.48. The van der Waals surface area contributed by atoms with Gasteiger partial charge in [0.1, 0.15) is 0 Å². The largest absolute Gasteiger partial charge is 0.332 e. The fraction of sp³-hybridized carbons (Fsp3) is 0.647. The first-order chi connectivity index (χ1) is 9.21. The van der Waals surface area contributed by atoms with Crippen LogP contribution in [0.3, 0.4) is 0 Å². The smallest absolute Gasteiger partial charge is 0.0627 e. The molecule has 1 aromatic carbocycles. The predicted molar refractivity (Wildman–Crippen MR) is 83.7 cm³/mol. The molecule has 4 unspecified atom stereocenters. The molecular weight excluding hydrogens is 252 g/mol. The van der Waals surface area contributed by atoms with Gasteiger partial charge in [-0.3, -0.25) is 0 Å². The van der Waals surface area contributed by atoms with Gasteiger partial charge in [-0.15, -0.1) is 10.3 Å². The fourth-order valence-electron chi connectivity index (χ4n) is 3.84. The Morgan fingerprint density at radius 1 is 1.16 bits per heavy atom. The number of fused-ring (bicyclic) bond motifs is 2. The molecule has 0 aromatic heterocycles. The third-order valence-corrected chi connectivity index (χ3v) is 8.25. The maximum Gasteiger partial charge on any atom is 0.0627 e. The molecule has 1 nitrogen and oxygen atoms in total. The Labute approximate surface area is 119 Å². The van der Waals surface area contributed by atoms with Crippen LogP contribution in [-0.4, -0.2) is 18.6 Å². The average molecular weight is 278 g/mol. The third kappa shape index (κ3) is 2.71. The number of rotatable bonds is 5. The second kappa shape index (κ2) is 5.49. The average Bonchev–Trinajstić information content (AvgIpc) is 3.08. The summed E-state index contributed by atoms with van der Waals surface area (Å²) in [6, 6.07) is 10.8. The standard InChI is InChI=1S/C17H26OS/c1-3-19(2,17-7-5-4-6-8-17)18-13-16-12-14-9-10-15(16)11-14/h4-8,14-16H,3,9-13H2,1-2H3. The van der Waals surface area contributed by atoms with Crippen molar-refractivity contribution in [3.63, 3.8) is 0 Å². The molecule has 0 saturated heterocycles. The molecule has 0 N–H and O–H groups in total. The molecule has 19 heavy (non-hydrogen) atoms. The van der Waals surface area contributed by atoms with E-state index in [-0.39, 0.29) is 0 Å². The Bertz CT molecular complexity index is 419. The molecule has 2 heteroatoms. The van der Waals surface area contributed by atoms with Crippen molar-refractivity contribution in [2.45, 2.75) is 37.5 Å². The zero-order chi connectivity index (χ0) is 13.3. The summed E-state index contributed by atoms with van der Waals surface area (Å²) >= 11 is 0. The predicted octanol–water partition coefficient (Wildman–Crippen LogP) is 4.87. The van der Waals surface area contributed by atoms with E-state index < -0.39 is 10.3 Å². The fourth-order valence-corrected chi connectivity index (χ4v) is 5.69. The Hall–Kier alpha value is -0.470. The maximum absolute atomic E-state index is 6.48. The van der Waals surface area contributed by atoms with Gasteiger partial charge in [-0.2, -0.15) is 0 Å². The van der Waals surface area contributed by atoms with Crippen LogP contribution >= 0.6 is 10.3 Å². The van der Waals surface area contributed by atoms with Crippen LogP contribution in [0.25, 0.3) is 0 Å². The topological polar surface area (TPSA) is 9.23 Å². The van der Waals surface area contributed by atoms with Crippen molar-refractivity contribution >= 4 is 10.3 Å². The van der Waals surface area contributed by atoms with Crippen molar-refractivity contribution < 1.29 is 4.18 Å². The molecular formula is C17H26OS. The van der Waals surface area contributed by atoms with E-state index in [4.69, 9.17) is 4.18 Å². The van der Waals surface area contributed by atoms with Gasteiger partial charge in [0.05, 0.1) is 6.61 Å². The van der Waals surface area contributed by atoms with E-state index in [0.717, 1.165) is 30.1 Å². The van der Waals surface area contributed by atoms with Crippen molar-refractivity contribution in [3.8, 4) is 0 Å². The normalized spacial score (nSPS) is 34.1. The minimum atomic E-state index is -1.06. The SMILES string of the molecule is CCS(C)(OCC1CC2CCC1C2)c1ccccc1. The van der Waals surface area contributed by atoms with E-state index in [1.165, 1.54) is 30.6 Å². The van der Waals surface area contributed by atoms with Gasteiger partial charge in [-0.1, -0.05) is 31.5 Å². The highest BCUT2D eigenvalue weighted by Gasteiger charge is 2.40. The van der Waals surface area contributed by atoms with E-state index in [2.05, 4.69) is 43.5 Å². The Morgan fingerprint density at radius 2 is 1.95 bits per heavy atom. The van der Waals surface area contributed by atoms with E-state index >= 15 is 0 Å². The first-order valence-corrected chi connectivity index (χ1v) is 9.80. The van der Waals surface area contributed by atoms with Crippen LogP contribution in [0.5, 0.6) is 0 Å². The van der Waals surface area contributed by atoms with Crippen molar-refractivity contribution in [1.29, 1.82) is 0 Å². The van der Waals surface area contributed by atoms with Gasteiger partial charge in [-0.25, -0.2) is 0 Å². The molecule has 106 valence electrons. The molecule has 0 aliphatic heterocycles. The lowest BCUT2D eigenvalue weighted by atomic mass is 9.90. The Kier molecular flexibility index (Phi) is 3.91. The van der Waals surface area contributed by atoms with E-state index in [9.17, 15) is 0 Å². The number of benzene rings is 1. The molecule has 2 aliphatic carbocycles. The van der Waals surface area contributed by atoms with Gasteiger partial charge in [0.25, 0.3) is 0 Å². The summed E-state index contributed by atoms with van der Waals surface area (Å²) in [6.45, 7) is 3.26. The number of hydrogen-bond acceptors (Lipinski definition) is 1. The van der Waals surface area contributed by atoms with E-state index in [1.807, 2.05) is 0 Å². The molecule has 2 saturated carbocycles.